The van der Waals surface area contributed by atoms with Gasteiger partial charge in [0.2, 0.25) is 5.91 Å². The number of carbonyl (C=O) groups is 1. The largest absolute Gasteiger partial charge is 0.325 e. The molecule has 2 heterocycles. The van der Waals surface area contributed by atoms with Crippen LogP contribution in [0.2, 0.25) is 0 Å². The zero-order valence-corrected chi connectivity index (χ0v) is 15.6. The van der Waals surface area contributed by atoms with E-state index in [0.717, 1.165) is 22.6 Å². The molecule has 0 saturated heterocycles. The van der Waals surface area contributed by atoms with E-state index in [1.54, 1.807) is 35.2 Å². The Morgan fingerprint density at radius 3 is 2.73 bits per heavy atom. The van der Waals surface area contributed by atoms with Gasteiger partial charge in [0, 0.05) is 5.69 Å². The lowest BCUT2D eigenvalue weighted by atomic mass is 10.2. The number of hydrogen-bond acceptors (Lipinski definition) is 7. The molecular weight excluding hydrogens is 376 g/mol. The maximum atomic E-state index is 12.1. The van der Waals surface area contributed by atoms with E-state index in [2.05, 4.69) is 25.6 Å². The molecule has 0 fully saturated rings. The first-order chi connectivity index (χ1) is 12.4. The first kappa shape index (κ1) is 18.2. The van der Waals surface area contributed by atoms with Gasteiger partial charge in [-0.1, -0.05) is 12.1 Å². The first-order valence-electron chi connectivity index (χ1n) is 7.56. The summed E-state index contributed by atoms with van der Waals surface area (Å²) in [4.78, 5) is 12.1. The van der Waals surface area contributed by atoms with Crippen molar-refractivity contribution < 1.29 is 13.2 Å². The average Bonchev–Trinajstić information content (AvgIpc) is 3.27. The fraction of sp³-hybridized carbons (Fsp3) is 0.200. The van der Waals surface area contributed by atoms with Crippen LogP contribution in [0.3, 0.4) is 0 Å². The maximum Gasteiger partial charge on any atom is 0.250 e. The van der Waals surface area contributed by atoms with E-state index < -0.39 is 15.9 Å². The lowest BCUT2D eigenvalue weighted by Crippen LogP contribution is -2.32. The van der Waals surface area contributed by atoms with Crippen LogP contribution in [0, 0.1) is 13.8 Å². The number of carbonyl (C=O) groups excluding carboxylic acids is 1. The van der Waals surface area contributed by atoms with Crippen LogP contribution in [-0.4, -0.2) is 41.1 Å². The number of nitrogens with zero attached hydrogens (tertiary/aromatic N) is 4. The molecule has 136 valence electrons. The highest BCUT2D eigenvalue weighted by molar-refractivity contribution is 7.91. The van der Waals surface area contributed by atoms with Gasteiger partial charge in [0.05, 0.1) is 12.2 Å². The Morgan fingerprint density at radius 2 is 2.08 bits per heavy atom. The molecule has 3 aromatic rings. The average molecular weight is 392 g/mol. The summed E-state index contributed by atoms with van der Waals surface area (Å²) in [5.74, 6) is 0.133. The van der Waals surface area contributed by atoms with Crippen molar-refractivity contribution in [2.45, 2.75) is 18.1 Å². The number of sulfonamides is 1. The van der Waals surface area contributed by atoms with Gasteiger partial charge in [-0.3, -0.25) is 4.79 Å². The molecule has 0 aliphatic heterocycles. The topological polar surface area (TPSA) is 119 Å². The monoisotopic (exact) mass is 392 g/mol. The van der Waals surface area contributed by atoms with Crippen LogP contribution in [0.25, 0.3) is 5.69 Å². The Hall–Kier alpha value is -2.63. The number of aryl methyl sites for hydroxylation is 2. The highest BCUT2D eigenvalue weighted by atomic mass is 32.2. The van der Waals surface area contributed by atoms with Gasteiger partial charge in [0.1, 0.15) is 4.21 Å². The molecule has 11 heteroatoms. The lowest BCUT2D eigenvalue weighted by Gasteiger charge is -2.11. The van der Waals surface area contributed by atoms with E-state index in [1.165, 1.54) is 6.07 Å². The third-order valence-electron chi connectivity index (χ3n) is 3.53. The summed E-state index contributed by atoms with van der Waals surface area (Å²) in [6.07, 6.45) is 0. The van der Waals surface area contributed by atoms with Crippen molar-refractivity contribution in [3.05, 3.63) is 47.1 Å². The molecule has 1 amide bonds. The van der Waals surface area contributed by atoms with Gasteiger partial charge in [-0.2, -0.15) is 4.68 Å². The number of benzene rings is 1. The van der Waals surface area contributed by atoms with Crippen LogP contribution in [0.1, 0.15) is 11.4 Å². The molecule has 0 aliphatic rings. The smallest absolute Gasteiger partial charge is 0.250 e. The highest BCUT2D eigenvalue weighted by Gasteiger charge is 2.16. The number of tetrazole rings is 1. The molecular formula is C15H16N6O3S2. The zero-order chi connectivity index (χ0) is 18.7. The summed E-state index contributed by atoms with van der Waals surface area (Å²) >= 11 is 1.09. The Bertz CT molecular complexity index is 1030. The minimum atomic E-state index is -3.68. The van der Waals surface area contributed by atoms with Gasteiger partial charge in [-0.05, 0) is 53.4 Å². The van der Waals surface area contributed by atoms with Crippen molar-refractivity contribution in [3.8, 4) is 5.69 Å². The van der Waals surface area contributed by atoms with E-state index in [9.17, 15) is 13.2 Å². The van der Waals surface area contributed by atoms with Gasteiger partial charge < -0.3 is 5.32 Å². The SMILES string of the molecule is Cc1ccc(NC(=O)CNS(=O)(=O)c2cccs2)cc1-n1nnnc1C. The van der Waals surface area contributed by atoms with Crippen molar-refractivity contribution in [2.75, 3.05) is 11.9 Å². The van der Waals surface area contributed by atoms with Gasteiger partial charge in [0.25, 0.3) is 10.0 Å². The Labute approximate surface area is 154 Å². The molecule has 0 atom stereocenters. The third kappa shape index (κ3) is 3.95. The predicted molar refractivity (Wildman–Crippen MR) is 96.8 cm³/mol. The van der Waals surface area contributed by atoms with Crippen LogP contribution in [0.5, 0.6) is 0 Å². The van der Waals surface area contributed by atoms with Crippen LogP contribution in [0.15, 0.2) is 39.9 Å². The molecule has 1 aromatic carbocycles. The summed E-state index contributed by atoms with van der Waals surface area (Å²) in [6, 6.07) is 8.39. The summed E-state index contributed by atoms with van der Waals surface area (Å²) in [7, 11) is -3.68. The maximum absolute atomic E-state index is 12.1. The molecule has 0 radical (unpaired) electrons. The second kappa shape index (κ2) is 7.32. The van der Waals surface area contributed by atoms with Gasteiger partial charge in [0.15, 0.2) is 5.82 Å². The quantitative estimate of drug-likeness (QED) is 0.652. The highest BCUT2D eigenvalue weighted by Crippen LogP contribution is 2.19. The number of nitrogens with one attached hydrogen (secondary N) is 2. The molecule has 0 bridgehead atoms. The Kier molecular flexibility index (Phi) is 5.11. The van der Waals surface area contributed by atoms with E-state index in [4.69, 9.17) is 0 Å². The Balaban J connectivity index is 1.69. The van der Waals surface area contributed by atoms with Crippen molar-refractivity contribution in [2.24, 2.45) is 0 Å². The molecule has 2 N–H and O–H groups in total. The molecule has 2 aromatic heterocycles. The number of aromatic nitrogens is 4. The van der Waals surface area contributed by atoms with Gasteiger partial charge >= 0.3 is 0 Å². The number of amides is 1. The van der Waals surface area contributed by atoms with Crippen LogP contribution < -0.4 is 10.0 Å². The van der Waals surface area contributed by atoms with Crippen molar-refractivity contribution in [1.82, 2.24) is 24.9 Å². The second-order valence-corrected chi connectivity index (χ2v) is 8.39. The van der Waals surface area contributed by atoms with Crippen LogP contribution >= 0.6 is 11.3 Å². The standard InChI is InChI=1S/C15H16N6O3S2/c1-10-5-6-12(8-13(10)21-11(2)18-19-20-21)17-14(22)9-16-26(23,24)15-4-3-7-25-15/h3-8,16H,9H2,1-2H3,(H,17,22). The lowest BCUT2D eigenvalue weighted by molar-refractivity contribution is -0.115. The van der Waals surface area contributed by atoms with Crippen molar-refractivity contribution in [1.29, 1.82) is 0 Å². The van der Waals surface area contributed by atoms with E-state index in [1.807, 2.05) is 13.0 Å². The predicted octanol–water partition coefficient (Wildman–Crippen LogP) is 1.26. The number of hydrogen-bond donors (Lipinski definition) is 2. The van der Waals surface area contributed by atoms with E-state index >= 15 is 0 Å². The fourth-order valence-corrected chi connectivity index (χ4v) is 4.24. The normalized spacial score (nSPS) is 11.5. The van der Waals surface area contributed by atoms with Gasteiger partial charge in [-0.15, -0.1) is 16.4 Å². The molecule has 9 nitrogen and oxygen atoms in total. The zero-order valence-electron chi connectivity index (χ0n) is 14.0. The molecule has 3 rings (SSSR count). The molecule has 0 aliphatic carbocycles. The summed E-state index contributed by atoms with van der Waals surface area (Å²) in [5, 5.41) is 15.7. The number of rotatable bonds is 6. The third-order valence-corrected chi connectivity index (χ3v) is 6.33. The minimum Gasteiger partial charge on any atom is -0.325 e. The first-order valence-corrected chi connectivity index (χ1v) is 9.92. The Morgan fingerprint density at radius 1 is 1.27 bits per heavy atom. The van der Waals surface area contributed by atoms with Crippen molar-refractivity contribution in [3.63, 3.8) is 0 Å². The fourth-order valence-electron chi connectivity index (χ4n) is 2.22. The van der Waals surface area contributed by atoms with Crippen LogP contribution in [0.4, 0.5) is 5.69 Å². The number of anilines is 1. The summed E-state index contributed by atoms with van der Waals surface area (Å²) in [5.41, 5.74) is 2.17. The molecule has 0 saturated carbocycles. The second-order valence-electron chi connectivity index (χ2n) is 5.44. The summed E-state index contributed by atoms with van der Waals surface area (Å²) < 4.78 is 28.1. The number of thiophene rings is 1. The minimum absolute atomic E-state index is 0.164. The van der Waals surface area contributed by atoms with E-state index in [0.29, 0.717) is 11.5 Å². The van der Waals surface area contributed by atoms with Gasteiger partial charge in [-0.25, -0.2) is 13.1 Å². The molecule has 26 heavy (non-hydrogen) atoms. The summed E-state index contributed by atoms with van der Waals surface area (Å²) in [6.45, 7) is 3.30. The molecule has 0 spiro atoms. The van der Waals surface area contributed by atoms with Crippen molar-refractivity contribution >= 4 is 33.0 Å². The van der Waals surface area contributed by atoms with Crippen LogP contribution in [-0.2, 0) is 14.8 Å². The molecule has 0 unspecified atom stereocenters. The van der Waals surface area contributed by atoms with E-state index in [-0.39, 0.29) is 10.8 Å².